The van der Waals surface area contributed by atoms with Crippen LogP contribution in [0.4, 0.5) is 0 Å². The van der Waals surface area contributed by atoms with Gasteiger partial charge in [0.25, 0.3) is 0 Å². The van der Waals surface area contributed by atoms with Gasteiger partial charge in [-0.25, -0.2) is 4.79 Å². The second kappa shape index (κ2) is 34.4. The van der Waals surface area contributed by atoms with Gasteiger partial charge in [0.1, 0.15) is 6.61 Å². The van der Waals surface area contributed by atoms with E-state index >= 15 is 0 Å². The standard InChI is InChI=1S/C31H33O8P.H3N.2Na.13H2/c1-3-5-7-9-11-13-14-15-16-18-19-21-23-25-30(32)37-27-29(28-38-40(34,35)36)39-31(33)26-24-22-20-17-12-10-8-6-4-2;;;;;;;;;;;;;;;;/h29H,4,6,8,10,12,17,20,22,24,26-28H2,1-2H3,(H2,34,35,36);1H3;;;13*1H/q;;2*+1;;;;;;;;;;;;;/p-2/t29-;;;;;;;;;;;;;;;;/m1................/s1. The van der Waals surface area contributed by atoms with Crippen LogP contribution in [0, 0.1) is 82.9 Å². The summed E-state index contributed by atoms with van der Waals surface area (Å²) in [4.78, 5) is 45.5. The number of unbranched alkanes of at least 4 members (excludes halogenated alkanes) is 8. The summed E-state index contributed by atoms with van der Waals surface area (Å²) >= 11 is 0. The fraction of sp³-hybridized carbons (Fsp3) is 0.484. The van der Waals surface area contributed by atoms with Gasteiger partial charge in [0.05, 0.1) is 14.4 Å². The number of carbonyl (C=O) groups excluding carboxylic acids is 2. The number of hydrogen-bond acceptors (Lipinski definition) is 9. The maximum Gasteiger partial charge on any atom is 1.00 e. The second-order valence-electron chi connectivity index (χ2n) is 7.91. The van der Waals surface area contributed by atoms with Crippen molar-refractivity contribution < 1.29 is 116 Å². The third kappa shape index (κ3) is 37.9. The molecule has 0 saturated carbocycles. The summed E-state index contributed by atoms with van der Waals surface area (Å²) in [6.45, 7) is 2.49. The molecule has 0 unspecified atom stereocenters. The van der Waals surface area contributed by atoms with E-state index in [9.17, 15) is 23.9 Å². The Morgan fingerprint density at radius 2 is 1.16 bits per heavy atom. The zero-order valence-electron chi connectivity index (χ0n) is 25.5. The van der Waals surface area contributed by atoms with Gasteiger partial charge in [-0.15, -0.1) is 0 Å². The minimum Gasteiger partial charge on any atom is -0.790 e. The van der Waals surface area contributed by atoms with E-state index in [0.717, 1.165) is 19.3 Å². The summed E-state index contributed by atoms with van der Waals surface area (Å²) in [6, 6.07) is 0. The third-order valence-electron chi connectivity index (χ3n) is 4.58. The normalized spacial score (nSPS) is 8.93. The summed E-state index contributed by atoms with van der Waals surface area (Å²) in [7, 11) is -5.32. The molecule has 9 nitrogen and oxygen atoms in total. The molecule has 0 aromatic heterocycles. The van der Waals surface area contributed by atoms with E-state index in [-0.39, 0.29) is 90.2 Å². The molecule has 0 aromatic rings. The number of ether oxygens (including phenoxy) is 2. The maximum absolute atomic E-state index is 12.1. The van der Waals surface area contributed by atoms with Crippen LogP contribution in [0.25, 0.3) is 0 Å². The van der Waals surface area contributed by atoms with Crippen molar-refractivity contribution in [2.45, 2.75) is 84.2 Å². The minimum atomic E-state index is -5.32. The summed E-state index contributed by atoms with van der Waals surface area (Å²) in [5.74, 6) is 32.0. The van der Waals surface area contributed by atoms with Crippen LogP contribution in [0.1, 0.15) is 96.6 Å². The molecule has 244 valence electrons. The predicted molar refractivity (Wildman–Crippen MR) is 179 cm³/mol. The average molecular weight is 652 g/mol. The van der Waals surface area contributed by atoms with Crippen LogP contribution in [0.5, 0.6) is 0 Å². The van der Waals surface area contributed by atoms with Crippen LogP contribution in [0.3, 0.4) is 0 Å². The molecule has 0 heterocycles. The molecular formula is C31H60NNa2O8P. The molecule has 0 aliphatic carbocycles. The molecule has 3 N–H and O–H groups in total. The van der Waals surface area contributed by atoms with E-state index in [1.807, 2.05) is 0 Å². The van der Waals surface area contributed by atoms with Gasteiger partial charge in [0.2, 0.25) is 0 Å². The molecular weight excluding hydrogens is 591 g/mol. The van der Waals surface area contributed by atoms with Crippen LogP contribution in [-0.4, -0.2) is 31.3 Å². The average Bonchev–Trinajstić information content (AvgIpc) is 2.91. The first-order valence-electron chi connectivity index (χ1n) is 12.7. The maximum atomic E-state index is 12.1. The smallest absolute Gasteiger partial charge is 0.790 e. The Morgan fingerprint density at radius 1 is 0.721 bits per heavy atom. The van der Waals surface area contributed by atoms with E-state index in [4.69, 9.17) is 9.47 Å². The predicted octanol–water partition coefficient (Wildman–Crippen LogP) is -0.381. The first-order valence-corrected chi connectivity index (χ1v) is 14.2. The SMILES string of the molecule is CC#CC#CC#CC#CC#CC#CC#CC(=O)OC[C@H](COP(=O)([O-])[O-])OC(=O)CCCCCCCCCCC.N.[HH].[HH].[HH].[HH].[HH].[HH].[HH].[HH].[HH].[HH].[HH].[HH].[HH].[Na+].[Na+]. The molecule has 0 bridgehead atoms. The summed E-state index contributed by atoms with van der Waals surface area (Å²) < 4.78 is 24.9. The Labute approximate surface area is 320 Å². The van der Waals surface area contributed by atoms with E-state index in [1.165, 1.54) is 32.1 Å². The number of hydrogen-bond donors (Lipinski definition) is 1. The van der Waals surface area contributed by atoms with Crippen molar-refractivity contribution in [1.82, 2.24) is 6.15 Å². The third-order valence-corrected chi connectivity index (χ3v) is 5.04. The molecule has 0 amide bonds. The van der Waals surface area contributed by atoms with Crippen LogP contribution in [0.2, 0.25) is 0 Å². The van der Waals surface area contributed by atoms with Gasteiger partial charge >= 0.3 is 71.1 Å². The number of phosphoric acid groups is 1. The van der Waals surface area contributed by atoms with Crippen molar-refractivity contribution in [2.24, 2.45) is 0 Å². The first-order chi connectivity index (χ1) is 19.3. The first kappa shape index (κ1) is 47.8. The van der Waals surface area contributed by atoms with E-state index in [1.54, 1.807) is 6.92 Å². The Morgan fingerprint density at radius 3 is 1.63 bits per heavy atom. The van der Waals surface area contributed by atoms with Crippen LogP contribution in [0.15, 0.2) is 0 Å². The Balaban J connectivity index is -0.0000000634. The Kier molecular flexibility index (Phi) is 38.3. The van der Waals surface area contributed by atoms with Gasteiger partial charge in [-0.3, -0.25) is 4.79 Å². The summed E-state index contributed by atoms with van der Waals surface area (Å²) in [5.41, 5.74) is 0. The number of carbonyl (C=O) groups is 2. The summed E-state index contributed by atoms with van der Waals surface area (Å²) in [6.07, 6.45) is 8.41. The molecule has 43 heavy (non-hydrogen) atoms. The molecule has 0 aliphatic heterocycles. The molecule has 0 aliphatic rings. The molecule has 1 atom stereocenters. The van der Waals surface area contributed by atoms with E-state index < -0.39 is 39.1 Å². The number of phosphoric ester groups is 1. The van der Waals surface area contributed by atoms with Crippen molar-refractivity contribution >= 4 is 19.8 Å². The fourth-order valence-electron chi connectivity index (χ4n) is 2.78. The quantitative estimate of drug-likeness (QED) is 0.0586. The molecule has 12 heteroatoms. The van der Waals surface area contributed by atoms with Gasteiger partial charge in [-0.2, -0.15) is 0 Å². The van der Waals surface area contributed by atoms with Gasteiger partial charge in [0.15, 0.2) is 6.10 Å². The topological polar surface area (TPSA) is 160 Å². The van der Waals surface area contributed by atoms with Crippen LogP contribution >= 0.6 is 7.82 Å². The van der Waals surface area contributed by atoms with Crippen molar-refractivity contribution in [1.29, 1.82) is 0 Å². The van der Waals surface area contributed by atoms with Gasteiger partial charge in [-0.1, -0.05) is 64.2 Å². The van der Waals surface area contributed by atoms with Gasteiger partial charge < -0.3 is 34.5 Å². The molecule has 0 radical (unpaired) electrons. The summed E-state index contributed by atoms with van der Waals surface area (Å²) in [5, 5.41) is 0. The van der Waals surface area contributed by atoms with Crippen molar-refractivity contribution in [2.75, 3.05) is 13.2 Å². The van der Waals surface area contributed by atoms with E-state index in [2.05, 4.69) is 94.3 Å². The molecule has 0 rings (SSSR count). The second-order valence-corrected chi connectivity index (χ2v) is 9.06. The zero-order chi connectivity index (χ0) is 29.7. The largest absolute Gasteiger partial charge is 1.00 e. The number of esters is 2. The van der Waals surface area contributed by atoms with Crippen molar-refractivity contribution in [3.63, 3.8) is 0 Å². The monoisotopic (exact) mass is 651 g/mol. The van der Waals surface area contributed by atoms with E-state index in [0.29, 0.717) is 6.42 Å². The van der Waals surface area contributed by atoms with Crippen molar-refractivity contribution in [3.05, 3.63) is 0 Å². The van der Waals surface area contributed by atoms with Crippen LogP contribution in [-0.2, 0) is 28.2 Å². The van der Waals surface area contributed by atoms with Gasteiger partial charge in [0, 0.05) is 30.9 Å². The molecule has 0 saturated heterocycles. The van der Waals surface area contributed by atoms with Gasteiger partial charge in [-0.05, 0) is 84.4 Å². The number of rotatable bonds is 16. The van der Waals surface area contributed by atoms with Crippen LogP contribution < -0.4 is 75.1 Å². The molecule has 0 aromatic carbocycles. The molecule has 0 fully saturated rings. The Bertz CT molecular complexity index is 1360. The molecule has 0 spiro atoms. The zero-order valence-corrected chi connectivity index (χ0v) is 30.4. The van der Waals surface area contributed by atoms with Crippen molar-refractivity contribution in [3.8, 4) is 82.9 Å². The fourth-order valence-corrected chi connectivity index (χ4v) is 3.13. The minimum absolute atomic E-state index is 0. The Hall–Kier alpha value is -2.07.